The number of carbonyl (C=O) groups is 1. The zero-order valence-electron chi connectivity index (χ0n) is 12.7. The molecule has 2 aliphatic heterocycles. The van der Waals surface area contributed by atoms with Crippen molar-refractivity contribution < 1.29 is 9.53 Å². The van der Waals surface area contributed by atoms with Crippen LogP contribution < -0.4 is 5.32 Å². The van der Waals surface area contributed by atoms with Crippen LogP contribution in [0.5, 0.6) is 0 Å². The van der Waals surface area contributed by atoms with Gasteiger partial charge in [-0.15, -0.1) is 0 Å². The molecule has 0 saturated carbocycles. The molecule has 0 radical (unpaired) electrons. The Bertz CT molecular complexity index is 311. The topological polar surface area (TPSA) is 41.6 Å². The Morgan fingerprint density at radius 2 is 2.00 bits per heavy atom. The smallest absolute Gasteiger partial charge is 0.241 e. The number of hydrogen-bond acceptors (Lipinski definition) is 3. The molecule has 3 unspecified atom stereocenters. The third-order valence-electron chi connectivity index (χ3n) is 4.21. The van der Waals surface area contributed by atoms with Gasteiger partial charge in [0.2, 0.25) is 5.91 Å². The number of carbonyl (C=O) groups excluding carboxylic acids is 1. The zero-order chi connectivity index (χ0) is 14.0. The van der Waals surface area contributed by atoms with Crippen LogP contribution in [-0.4, -0.2) is 42.3 Å². The van der Waals surface area contributed by atoms with Crippen LogP contribution in [0, 0.1) is 11.8 Å². The summed E-state index contributed by atoms with van der Waals surface area (Å²) in [6.45, 7) is 10.1. The van der Waals surface area contributed by atoms with Gasteiger partial charge in [0.25, 0.3) is 0 Å². The minimum absolute atomic E-state index is 0.0315. The van der Waals surface area contributed by atoms with Gasteiger partial charge in [-0.25, -0.2) is 0 Å². The minimum atomic E-state index is -0.0315. The first-order valence-electron chi connectivity index (χ1n) is 7.69. The van der Waals surface area contributed by atoms with E-state index in [1.54, 1.807) is 0 Å². The second kappa shape index (κ2) is 6.23. The summed E-state index contributed by atoms with van der Waals surface area (Å²) in [7, 11) is 0. The third kappa shape index (κ3) is 3.29. The summed E-state index contributed by atoms with van der Waals surface area (Å²) >= 11 is 0. The molecule has 110 valence electrons. The lowest BCUT2D eigenvalue weighted by Gasteiger charge is -2.32. The number of nitrogens with one attached hydrogen (secondary N) is 1. The average molecular weight is 268 g/mol. The molecule has 1 amide bonds. The fraction of sp³-hybridized carbons (Fsp3) is 0.933. The van der Waals surface area contributed by atoms with E-state index in [2.05, 4.69) is 33.0 Å². The molecule has 0 aliphatic carbocycles. The van der Waals surface area contributed by atoms with Crippen LogP contribution in [-0.2, 0) is 9.53 Å². The molecule has 4 nitrogen and oxygen atoms in total. The van der Waals surface area contributed by atoms with Crippen LogP contribution >= 0.6 is 0 Å². The van der Waals surface area contributed by atoms with Gasteiger partial charge in [-0.1, -0.05) is 27.7 Å². The van der Waals surface area contributed by atoms with E-state index in [1.165, 1.54) is 6.42 Å². The van der Waals surface area contributed by atoms with Gasteiger partial charge < -0.3 is 9.64 Å². The molecule has 0 aromatic rings. The van der Waals surface area contributed by atoms with E-state index in [0.29, 0.717) is 11.8 Å². The predicted molar refractivity (Wildman–Crippen MR) is 75.7 cm³/mol. The standard InChI is InChI=1S/C15H28N2O2/c1-10(2)13-15(18)17(14(16-13)11(3)4)9-12-7-5-6-8-19-12/h10-14,16H,5-9H2,1-4H3. The van der Waals surface area contributed by atoms with Gasteiger partial charge in [0.1, 0.15) is 0 Å². The van der Waals surface area contributed by atoms with Crippen LogP contribution in [0.15, 0.2) is 0 Å². The summed E-state index contributed by atoms with van der Waals surface area (Å²) in [4.78, 5) is 14.6. The first-order chi connectivity index (χ1) is 9.00. The first-order valence-corrected chi connectivity index (χ1v) is 7.69. The van der Waals surface area contributed by atoms with Gasteiger partial charge in [-0.3, -0.25) is 10.1 Å². The maximum Gasteiger partial charge on any atom is 0.241 e. The van der Waals surface area contributed by atoms with Gasteiger partial charge in [0, 0.05) is 13.2 Å². The highest BCUT2D eigenvalue weighted by Crippen LogP contribution is 2.24. The van der Waals surface area contributed by atoms with E-state index in [9.17, 15) is 4.79 Å². The van der Waals surface area contributed by atoms with Gasteiger partial charge in [0.15, 0.2) is 0 Å². The monoisotopic (exact) mass is 268 g/mol. The highest BCUT2D eigenvalue weighted by Gasteiger charge is 2.42. The maximum atomic E-state index is 12.5. The Morgan fingerprint density at radius 1 is 1.26 bits per heavy atom. The molecule has 2 saturated heterocycles. The van der Waals surface area contributed by atoms with E-state index in [4.69, 9.17) is 4.74 Å². The summed E-state index contributed by atoms with van der Waals surface area (Å²) in [5.41, 5.74) is 0. The van der Waals surface area contributed by atoms with Crippen molar-refractivity contribution in [3.63, 3.8) is 0 Å². The molecule has 2 rings (SSSR count). The Morgan fingerprint density at radius 3 is 2.53 bits per heavy atom. The highest BCUT2D eigenvalue weighted by atomic mass is 16.5. The molecular weight excluding hydrogens is 240 g/mol. The molecule has 2 aliphatic rings. The van der Waals surface area contributed by atoms with Gasteiger partial charge in [0.05, 0.1) is 18.3 Å². The SMILES string of the molecule is CC(C)C1NC(C(C)C)N(CC2CCCCO2)C1=O. The van der Waals surface area contributed by atoms with Crippen molar-refractivity contribution in [2.45, 2.75) is 65.3 Å². The maximum absolute atomic E-state index is 12.5. The van der Waals surface area contributed by atoms with Crippen LogP contribution in [0.4, 0.5) is 0 Å². The molecule has 1 N–H and O–H groups in total. The fourth-order valence-electron chi connectivity index (χ4n) is 3.07. The zero-order valence-corrected chi connectivity index (χ0v) is 12.7. The summed E-state index contributed by atoms with van der Waals surface area (Å²) in [5.74, 6) is 1.02. The molecule has 2 heterocycles. The van der Waals surface area contributed by atoms with Crippen molar-refractivity contribution in [1.82, 2.24) is 10.2 Å². The molecule has 0 spiro atoms. The number of rotatable bonds is 4. The number of nitrogens with zero attached hydrogens (tertiary/aromatic N) is 1. The molecule has 0 aromatic carbocycles. The van der Waals surface area contributed by atoms with Gasteiger partial charge in [-0.2, -0.15) is 0 Å². The lowest BCUT2D eigenvalue weighted by Crippen LogP contribution is -2.46. The Balaban J connectivity index is 2.04. The minimum Gasteiger partial charge on any atom is -0.376 e. The van der Waals surface area contributed by atoms with Crippen LogP contribution in [0.1, 0.15) is 47.0 Å². The second-order valence-electron chi connectivity index (χ2n) is 6.56. The highest BCUT2D eigenvalue weighted by molar-refractivity contribution is 5.84. The van der Waals surface area contributed by atoms with Crippen molar-refractivity contribution >= 4 is 5.91 Å². The van der Waals surface area contributed by atoms with E-state index >= 15 is 0 Å². The summed E-state index contributed by atoms with van der Waals surface area (Å²) < 4.78 is 5.79. The van der Waals surface area contributed by atoms with Crippen molar-refractivity contribution in [2.75, 3.05) is 13.2 Å². The van der Waals surface area contributed by atoms with E-state index < -0.39 is 0 Å². The first kappa shape index (κ1) is 14.8. The number of hydrogen-bond donors (Lipinski definition) is 1. The van der Waals surface area contributed by atoms with Crippen LogP contribution in [0.25, 0.3) is 0 Å². The fourth-order valence-corrected chi connectivity index (χ4v) is 3.07. The Labute approximate surface area is 116 Å². The largest absolute Gasteiger partial charge is 0.376 e. The van der Waals surface area contributed by atoms with Crippen LogP contribution in [0.2, 0.25) is 0 Å². The Hall–Kier alpha value is -0.610. The molecule has 4 heteroatoms. The summed E-state index contributed by atoms with van der Waals surface area (Å²) in [5, 5.41) is 3.50. The summed E-state index contributed by atoms with van der Waals surface area (Å²) in [6.07, 6.45) is 3.85. The van der Waals surface area contributed by atoms with Crippen molar-refractivity contribution in [1.29, 1.82) is 0 Å². The normalized spacial score (nSPS) is 32.6. The predicted octanol–water partition coefficient (Wildman–Crippen LogP) is 1.99. The Kier molecular flexibility index (Phi) is 4.85. The lowest BCUT2D eigenvalue weighted by molar-refractivity contribution is -0.133. The molecule has 0 bridgehead atoms. The number of amides is 1. The van der Waals surface area contributed by atoms with Crippen molar-refractivity contribution in [3.8, 4) is 0 Å². The third-order valence-corrected chi connectivity index (χ3v) is 4.21. The molecule has 0 aromatic heterocycles. The molecule has 3 atom stereocenters. The molecular formula is C15H28N2O2. The summed E-state index contributed by atoms with van der Waals surface area (Å²) in [6, 6.07) is -0.0315. The second-order valence-corrected chi connectivity index (χ2v) is 6.56. The van der Waals surface area contributed by atoms with E-state index in [1.807, 2.05) is 4.90 Å². The average Bonchev–Trinajstić information content (AvgIpc) is 2.69. The van der Waals surface area contributed by atoms with Crippen molar-refractivity contribution in [3.05, 3.63) is 0 Å². The lowest BCUT2D eigenvalue weighted by atomic mass is 10.0. The van der Waals surface area contributed by atoms with Crippen molar-refractivity contribution in [2.24, 2.45) is 11.8 Å². The van der Waals surface area contributed by atoms with E-state index in [-0.39, 0.29) is 24.2 Å². The molecule has 2 fully saturated rings. The molecule has 19 heavy (non-hydrogen) atoms. The van der Waals surface area contributed by atoms with Gasteiger partial charge in [-0.05, 0) is 31.1 Å². The number of ether oxygens (including phenoxy) is 1. The quantitative estimate of drug-likeness (QED) is 0.848. The van der Waals surface area contributed by atoms with Crippen LogP contribution in [0.3, 0.4) is 0 Å². The van der Waals surface area contributed by atoms with Gasteiger partial charge >= 0.3 is 0 Å². The van der Waals surface area contributed by atoms with E-state index in [0.717, 1.165) is 26.0 Å².